The second-order valence-corrected chi connectivity index (χ2v) is 8.51. The van der Waals surface area contributed by atoms with E-state index in [-0.39, 0.29) is 17.0 Å². The first-order valence-electron chi connectivity index (χ1n) is 5.55. The zero-order chi connectivity index (χ0) is 15.6. The predicted octanol–water partition coefficient (Wildman–Crippen LogP) is 3.45. The lowest BCUT2D eigenvalue weighted by Gasteiger charge is -2.08. The van der Waals surface area contributed by atoms with Crippen molar-refractivity contribution in [3.63, 3.8) is 0 Å². The number of hydrogen-bond donors (Lipinski definition) is 2. The van der Waals surface area contributed by atoms with Crippen molar-refractivity contribution in [2.75, 3.05) is 0 Å². The zero-order valence-corrected chi connectivity index (χ0v) is 15.1. The summed E-state index contributed by atoms with van der Waals surface area (Å²) in [5.41, 5.74) is -0.0857. The van der Waals surface area contributed by atoms with E-state index in [2.05, 4.69) is 36.6 Å². The fraction of sp³-hybridized carbons (Fsp3) is 0.0833. The molecule has 21 heavy (non-hydrogen) atoms. The van der Waals surface area contributed by atoms with Crippen molar-refractivity contribution in [1.29, 1.82) is 0 Å². The van der Waals surface area contributed by atoms with E-state index in [0.29, 0.717) is 4.47 Å². The Morgan fingerprint density at radius 2 is 2.00 bits per heavy atom. The molecule has 0 saturated heterocycles. The molecule has 0 unspecified atom stereocenters. The molecule has 0 aliphatic heterocycles. The largest absolute Gasteiger partial charge is 0.478 e. The maximum Gasteiger partial charge on any atom is 0.335 e. The van der Waals surface area contributed by atoms with Gasteiger partial charge >= 0.3 is 5.97 Å². The van der Waals surface area contributed by atoms with Gasteiger partial charge in [-0.1, -0.05) is 0 Å². The van der Waals surface area contributed by atoms with Crippen molar-refractivity contribution in [2.45, 2.75) is 11.4 Å². The highest BCUT2D eigenvalue weighted by Crippen LogP contribution is 2.24. The predicted molar refractivity (Wildman–Crippen MR) is 87.1 cm³/mol. The maximum absolute atomic E-state index is 12.3. The monoisotopic (exact) mass is 453 g/mol. The van der Waals surface area contributed by atoms with Crippen LogP contribution >= 0.6 is 43.2 Å². The average Bonchev–Trinajstić information content (AvgIpc) is 2.82. The molecule has 0 radical (unpaired) electrons. The van der Waals surface area contributed by atoms with E-state index >= 15 is 0 Å². The molecule has 0 saturated carbocycles. The van der Waals surface area contributed by atoms with Crippen LogP contribution in [0.25, 0.3) is 0 Å². The minimum absolute atomic E-state index is 0.0857. The fourth-order valence-corrected chi connectivity index (χ4v) is 5.01. The maximum atomic E-state index is 12.3. The molecule has 1 aromatic carbocycles. The van der Waals surface area contributed by atoms with Gasteiger partial charge in [0.05, 0.1) is 10.5 Å². The Morgan fingerprint density at radius 1 is 1.29 bits per heavy atom. The van der Waals surface area contributed by atoms with Gasteiger partial charge in [0.1, 0.15) is 0 Å². The molecule has 1 aromatic heterocycles. The van der Waals surface area contributed by atoms with Crippen molar-refractivity contribution in [2.24, 2.45) is 0 Å². The lowest BCUT2D eigenvalue weighted by atomic mass is 10.2. The topological polar surface area (TPSA) is 83.5 Å². The highest BCUT2D eigenvalue weighted by molar-refractivity contribution is 9.10. The van der Waals surface area contributed by atoms with Crippen molar-refractivity contribution >= 4 is 59.2 Å². The lowest BCUT2D eigenvalue weighted by molar-refractivity contribution is 0.0696. The summed E-state index contributed by atoms with van der Waals surface area (Å²) in [6, 6.07) is 5.68. The van der Waals surface area contributed by atoms with Crippen LogP contribution in [0.2, 0.25) is 0 Å². The summed E-state index contributed by atoms with van der Waals surface area (Å²) < 4.78 is 28.2. The molecule has 9 heteroatoms. The van der Waals surface area contributed by atoms with Crippen LogP contribution in [0, 0.1) is 0 Å². The second-order valence-electron chi connectivity index (χ2n) is 4.01. The van der Waals surface area contributed by atoms with Gasteiger partial charge in [-0.05, 0) is 56.1 Å². The molecule has 0 aliphatic rings. The Kier molecular flexibility index (Phi) is 5.20. The Hall–Kier alpha value is -0.740. The third kappa shape index (κ3) is 4.13. The van der Waals surface area contributed by atoms with E-state index in [4.69, 9.17) is 5.11 Å². The smallest absolute Gasteiger partial charge is 0.335 e. The number of aromatic carboxylic acids is 1. The van der Waals surface area contributed by atoms with Crippen LogP contribution < -0.4 is 4.72 Å². The van der Waals surface area contributed by atoms with Gasteiger partial charge in [-0.25, -0.2) is 17.9 Å². The Morgan fingerprint density at radius 3 is 2.57 bits per heavy atom. The molecule has 2 aromatic rings. The zero-order valence-electron chi connectivity index (χ0n) is 10.3. The molecule has 5 nitrogen and oxygen atoms in total. The summed E-state index contributed by atoms with van der Waals surface area (Å²) in [6.07, 6.45) is 0. The molecular weight excluding hydrogens is 446 g/mol. The summed E-state index contributed by atoms with van der Waals surface area (Å²) in [4.78, 5) is 11.7. The Balaban J connectivity index is 2.26. The fourth-order valence-electron chi connectivity index (χ4n) is 1.53. The molecule has 0 bridgehead atoms. The van der Waals surface area contributed by atoms with E-state index in [9.17, 15) is 13.2 Å². The van der Waals surface area contributed by atoms with E-state index in [1.807, 2.05) is 11.4 Å². The Bertz CT molecular complexity index is 786. The van der Waals surface area contributed by atoms with Crippen LogP contribution in [-0.2, 0) is 16.6 Å². The number of benzene rings is 1. The first-order chi connectivity index (χ1) is 9.79. The molecular formula is C12H9Br2NO4S2. The van der Waals surface area contributed by atoms with Gasteiger partial charge < -0.3 is 5.11 Å². The van der Waals surface area contributed by atoms with Crippen molar-refractivity contribution in [3.8, 4) is 0 Å². The molecule has 0 atom stereocenters. The molecule has 2 N–H and O–H groups in total. The van der Waals surface area contributed by atoms with Crippen LogP contribution in [0.5, 0.6) is 0 Å². The summed E-state index contributed by atoms with van der Waals surface area (Å²) in [5, 5.41) is 10.8. The highest BCUT2D eigenvalue weighted by atomic mass is 79.9. The summed E-state index contributed by atoms with van der Waals surface area (Å²) >= 11 is 7.84. The molecule has 0 spiro atoms. The summed E-state index contributed by atoms with van der Waals surface area (Å²) in [5.74, 6) is -1.18. The van der Waals surface area contributed by atoms with Crippen LogP contribution in [0.4, 0.5) is 0 Å². The number of carboxylic acids is 1. The van der Waals surface area contributed by atoms with Gasteiger partial charge in [-0.3, -0.25) is 0 Å². The standard InChI is InChI=1S/C12H9Br2NO4S2/c13-8-4-9(20-6-8)5-15-21(18,19)11-3-7(12(16)17)1-2-10(11)14/h1-4,6,15H,5H2,(H,16,17). The van der Waals surface area contributed by atoms with E-state index in [1.165, 1.54) is 23.5 Å². The van der Waals surface area contributed by atoms with Gasteiger partial charge in [0, 0.05) is 25.7 Å². The van der Waals surface area contributed by atoms with Crippen molar-refractivity contribution in [3.05, 3.63) is 49.0 Å². The quantitative estimate of drug-likeness (QED) is 0.724. The minimum Gasteiger partial charge on any atom is -0.478 e. The van der Waals surface area contributed by atoms with Gasteiger partial charge in [0.2, 0.25) is 10.0 Å². The normalized spacial score (nSPS) is 11.5. The number of nitrogens with one attached hydrogen (secondary N) is 1. The number of halogens is 2. The number of sulfonamides is 1. The molecule has 2 rings (SSSR count). The minimum atomic E-state index is -3.80. The summed E-state index contributed by atoms with van der Waals surface area (Å²) in [7, 11) is -3.80. The van der Waals surface area contributed by atoms with Crippen LogP contribution in [0.3, 0.4) is 0 Å². The highest BCUT2D eigenvalue weighted by Gasteiger charge is 2.19. The third-order valence-corrected chi connectivity index (χ3v) is 6.62. The van der Waals surface area contributed by atoms with Gasteiger partial charge in [-0.15, -0.1) is 11.3 Å². The van der Waals surface area contributed by atoms with Crippen LogP contribution in [0.15, 0.2) is 43.5 Å². The Labute approximate surface area is 142 Å². The summed E-state index contributed by atoms with van der Waals surface area (Å²) in [6.45, 7) is 0.141. The SMILES string of the molecule is O=C(O)c1ccc(Br)c(S(=O)(=O)NCc2cc(Br)cs2)c1. The first-order valence-corrected chi connectivity index (χ1v) is 9.50. The molecule has 112 valence electrons. The molecule has 0 aliphatic carbocycles. The second kappa shape index (κ2) is 6.57. The number of carboxylic acid groups (broad SMARTS) is 1. The molecule has 0 fully saturated rings. The molecule has 1 heterocycles. The van der Waals surface area contributed by atoms with E-state index < -0.39 is 16.0 Å². The van der Waals surface area contributed by atoms with Gasteiger partial charge in [-0.2, -0.15) is 0 Å². The molecule has 0 amide bonds. The first kappa shape index (κ1) is 16.6. The lowest BCUT2D eigenvalue weighted by Crippen LogP contribution is -2.23. The number of hydrogen-bond acceptors (Lipinski definition) is 4. The third-order valence-electron chi connectivity index (χ3n) is 2.53. The number of rotatable bonds is 5. The number of carbonyl (C=O) groups is 1. The van der Waals surface area contributed by atoms with Crippen LogP contribution in [0.1, 0.15) is 15.2 Å². The van der Waals surface area contributed by atoms with Crippen molar-refractivity contribution in [1.82, 2.24) is 4.72 Å². The van der Waals surface area contributed by atoms with E-state index in [1.54, 1.807) is 0 Å². The van der Waals surface area contributed by atoms with Gasteiger partial charge in [0.25, 0.3) is 0 Å². The van der Waals surface area contributed by atoms with Crippen LogP contribution in [-0.4, -0.2) is 19.5 Å². The van der Waals surface area contributed by atoms with E-state index in [0.717, 1.165) is 15.4 Å². The number of thiophene rings is 1. The van der Waals surface area contributed by atoms with Gasteiger partial charge in [0.15, 0.2) is 0 Å². The average molecular weight is 455 g/mol. The van der Waals surface area contributed by atoms with Crippen molar-refractivity contribution < 1.29 is 18.3 Å².